The van der Waals surface area contributed by atoms with Gasteiger partial charge in [0, 0.05) is 25.2 Å². The molecule has 0 radical (unpaired) electrons. The van der Waals surface area contributed by atoms with Crippen molar-refractivity contribution in [3.05, 3.63) is 21.9 Å². The third-order valence-electron chi connectivity index (χ3n) is 5.20. The fourth-order valence-corrected chi connectivity index (χ4v) is 4.06. The van der Waals surface area contributed by atoms with Crippen LogP contribution in [0.15, 0.2) is 10.7 Å². The van der Waals surface area contributed by atoms with Crippen molar-refractivity contribution in [2.45, 2.75) is 51.7 Å². The average Bonchev–Trinajstić information content (AvgIpc) is 3.33. The molecule has 2 amide bonds. The summed E-state index contributed by atoms with van der Waals surface area (Å²) in [5.74, 6) is 0.445. The highest BCUT2D eigenvalue weighted by atomic mass is 79.9. The zero-order valence-electron chi connectivity index (χ0n) is 15.3. The van der Waals surface area contributed by atoms with Gasteiger partial charge < -0.3 is 20.7 Å². The van der Waals surface area contributed by atoms with Crippen molar-refractivity contribution in [2.75, 3.05) is 18.0 Å². The average molecular weight is 425 g/mol. The van der Waals surface area contributed by atoms with E-state index < -0.39 is 11.7 Å². The quantitative estimate of drug-likeness (QED) is 0.756. The second-order valence-electron chi connectivity index (χ2n) is 7.56. The number of aryl methyl sites for hydroxylation is 1. The molecule has 0 aromatic carbocycles. The maximum absolute atomic E-state index is 12.9. The van der Waals surface area contributed by atoms with Crippen LogP contribution in [-0.2, 0) is 4.74 Å². The van der Waals surface area contributed by atoms with Gasteiger partial charge >= 0.3 is 6.09 Å². The molecule has 0 spiro atoms. The molecule has 2 aliphatic rings. The third kappa shape index (κ3) is 3.95. The predicted molar refractivity (Wildman–Crippen MR) is 102 cm³/mol. The van der Waals surface area contributed by atoms with Crippen molar-refractivity contribution in [3.63, 3.8) is 0 Å². The zero-order chi connectivity index (χ0) is 19.1. The fraction of sp³-hybridized carbons (Fsp3) is 0.611. The number of carbonyl (C=O) groups excluding carboxylic acids is 2. The lowest BCUT2D eigenvalue weighted by molar-refractivity contribution is 0.0480. The van der Waals surface area contributed by atoms with Gasteiger partial charge in [-0.05, 0) is 55.5 Å². The molecule has 3 N–H and O–H groups in total. The molecule has 0 bridgehead atoms. The molecule has 1 aromatic rings. The van der Waals surface area contributed by atoms with E-state index in [-0.39, 0.29) is 11.9 Å². The lowest BCUT2D eigenvalue weighted by Crippen LogP contribution is -2.38. The van der Waals surface area contributed by atoms with Crippen LogP contribution in [-0.4, -0.2) is 41.7 Å². The highest BCUT2D eigenvalue weighted by Gasteiger charge is 2.39. The van der Waals surface area contributed by atoms with Crippen LogP contribution in [0.4, 0.5) is 10.5 Å². The molecule has 1 unspecified atom stereocenters. The number of hydrogen-bond acceptors (Lipinski definition) is 5. The molecular formula is C18H25BrN4O3. The van der Waals surface area contributed by atoms with Gasteiger partial charge in [0.15, 0.2) is 0 Å². The smallest absolute Gasteiger partial charge is 0.405 e. The lowest BCUT2D eigenvalue weighted by Gasteiger charge is -2.27. The molecule has 7 nitrogen and oxygen atoms in total. The Bertz CT molecular complexity index is 737. The van der Waals surface area contributed by atoms with E-state index in [0.717, 1.165) is 15.9 Å². The van der Waals surface area contributed by atoms with E-state index in [0.29, 0.717) is 31.0 Å². The molecule has 2 heterocycles. The Morgan fingerprint density at radius 2 is 2.19 bits per heavy atom. The molecule has 1 saturated heterocycles. The summed E-state index contributed by atoms with van der Waals surface area (Å²) in [6.45, 7) is 6.91. The number of ether oxygens (including phenoxy) is 1. The molecule has 8 heteroatoms. The predicted octanol–water partition coefficient (Wildman–Crippen LogP) is 2.74. The maximum atomic E-state index is 12.9. The van der Waals surface area contributed by atoms with Crippen LogP contribution in [0, 0.1) is 12.8 Å². The fourth-order valence-electron chi connectivity index (χ4n) is 3.49. The highest BCUT2D eigenvalue weighted by Crippen LogP contribution is 2.38. The first-order valence-corrected chi connectivity index (χ1v) is 9.69. The van der Waals surface area contributed by atoms with Gasteiger partial charge in [0.25, 0.3) is 5.91 Å². The van der Waals surface area contributed by atoms with Crippen LogP contribution < -0.4 is 16.0 Å². The summed E-state index contributed by atoms with van der Waals surface area (Å²) in [5, 5.41) is 3.09. The van der Waals surface area contributed by atoms with E-state index in [1.165, 1.54) is 12.8 Å². The number of halogens is 1. The number of nitrogens with one attached hydrogen (secondary N) is 1. The van der Waals surface area contributed by atoms with Crippen molar-refractivity contribution < 1.29 is 14.3 Å². The summed E-state index contributed by atoms with van der Waals surface area (Å²) < 4.78 is 6.08. The number of hydrogen-bond donors (Lipinski definition) is 2. The summed E-state index contributed by atoms with van der Waals surface area (Å²) >= 11 is 3.59. The molecule has 142 valence electrons. The van der Waals surface area contributed by atoms with Crippen molar-refractivity contribution in [1.29, 1.82) is 0 Å². The second-order valence-corrected chi connectivity index (χ2v) is 8.35. The molecule has 1 aromatic heterocycles. The van der Waals surface area contributed by atoms with E-state index >= 15 is 0 Å². The van der Waals surface area contributed by atoms with Crippen LogP contribution in [0.2, 0.25) is 0 Å². The van der Waals surface area contributed by atoms with Gasteiger partial charge in [0.2, 0.25) is 0 Å². The molecule has 2 atom stereocenters. The minimum atomic E-state index is -0.782. The molecule has 26 heavy (non-hydrogen) atoms. The lowest BCUT2D eigenvalue weighted by atomic mass is 10.1. The summed E-state index contributed by atoms with van der Waals surface area (Å²) in [6.07, 6.45) is 3.81. The van der Waals surface area contributed by atoms with Crippen molar-refractivity contribution in [3.8, 4) is 0 Å². The Morgan fingerprint density at radius 1 is 1.50 bits per heavy atom. The van der Waals surface area contributed by atoms with E-state index in [9.17, 15) is 9.59 Å². The number of amides is 2. The molecule has 3 rings (SSSR count). The van der Waals surface area contributed by atoms with Crippen LogP contribution in [0.3, 0.4) is 0 Å². The summed E-state index contributed by atoms with van der Waals surface area (Å²) in [5.41, 5.74) is 6.65. The van der Waals surface area contributed by atoms with Crippen LogP contribution in [0.5, 0.6) is 0 Å². The topological polar surface area (TPSA) is 97.6 Å². The van der Waals surface area contributed by atoms with Gasteiger partial charge in [-0.15, -0.1) is 0 Å². The first-order valence-electron chi connectivity index (χ1n) is 8.89. The Balaban J connectivity index is 1.87. The van der Waals surface area contributed by atoms with Crippen LogP contribution in [0.25, 0.3) is 0 Å². The van der Waals surface area contributed by atoms with Crippen molar-refractivity contribution in [1.82, 2.24) is 10.3 Å². The van der Waals surface area contributed by atoms with Crippen LogP contribution >= 0.6 is 15.9 Å². The van der Waals surface area contributed by atoms with Crippen molar-refractivity contribution >= 4 is 33.6 Å². The number of rotatable bonds is 5. The standard InChI is InChI=1S/C18H25BrN4O3/c1-10(12-4-5-12)22-16(24)13-8-21-11(2)14(19)15(13)23-7-6-18(3,9-23)26-17(20)25/h8,10,12H,4-7,9H2,1-3H3,(H2,20,25)(H,22,24)/t10?,18-/m0/s1. The van der Waals surface area contributed by atoms with Gasteiger partial charge in [0.1, 0.15) is 5.60 Å². The van der Waals surface area contributed by atoms with Gasteiger partial charge in [0.05, 0.1) is 28.0 Å². The largest absolute Gasteiger partial charge is 0.441 e. The van der Waals surface area contributed by atoms with E-state index in [4.69, 9.17) is 10.5 Å². The number of primary amides is 1. The number of nitrogens with two attached hydrogens (primary N) is 1. The Labute approximate surface area is 161 Å². The second kappa shape index (κ2) is 7.06. The Hall–Kier alpha value is -1.83. The Morgan fingerprint density at radius 3 is 2.81 bits per heavy atom. The van der Waals surface area contributed by atoms with Gasteiger partial charge in [-0.1, -0.05) is 0 Å². The maximum Gasteiger partial charge on any atom is 0.405 e. The normalized spacial score (nSPS) is 23.6. The van der Waals surface area contributed by atoms with Crippen LogP contribution in [0.1, 0.15) is 49.2 Å². The summed E-state index contributed by atoms with van der Waals surface area (Å²) in [6, 6.07) is 0.150. The monoisotopic (exact) mass is 424 g/mol. The summed E-state index contributed by atoms with van der Waals surface area (Å²) in [7, 11) is 0. The highest BCUT2D eigenvalue weighted by molar-refractivity contribution is 9.10. The van der Waals surface area contributed by atoms with E-state index in [2.05, 4.69) is 31.1 Å². The number of aromatic nitrogens is 1. The number of carbonyl (C=O) groups is 2. The molecular weight excluding hydrogens is 400 g/mol. The minimum absolute atomic E-state index is 0.128. The van der Waals surface area contributed by atoms with E-state index in [1.54, 1.807) is 6.20 Å². The van der Waals surface area contributed by atoms with Gasteiger partial charge in [-0.3, -0.25) is 9.78 Å². The Kier molecular flexibility index (Phi) is 5.14. The first kappa shape index (κ1) is 18.9. The van der Waals surface area contributed by atoms with Gasteiger partial charge in [-0.25, -0.2) is 4.79 Å². The third-order valence-corrected chi connectivity index (χ3v) is 6.15. The molecule has 2 fully saturated rings. The molecule has 1 aliphatic carbocycles. The SMILES string of the molecule is Cc1ncc(C(=O)NC(C)C2CC2)c(N2CC[C@](C)(OC(N)=O)C2)c1Br. The number of nitrogens with zero attached hydrogens (tertiary/aromatic N) is 2. The minimum Gasteiger partial charge on any atom is -0.441 e. The van der Waals surface area contributed by atoms with Gasteiger partial charge in [-0.2, -0.15) is 0 Å². The number of pyridine rings is 1. The zero-order valence-corrected chi connectivity index (χ0v) is 16.9. The first-order chi connectivity index (χ1) is 12.2. The van der Waals surface area contributed by atoms with E-state index in [1.807, 2.05) is 20.8 Å². The number of anilines is 1. The molecule has 1 saturated carbocycles. The van der Waals surface area contributed by atoms with Crippen molar-refractivity contribution in [2.24, 2.45) is 11.7 Å². The molecule has 1 aliphatic heterocycles. The summed E-state index contributed by atoms with van der Waals surface area (Å²) in [4.78, 5) is 30.5.